The van der Waals surface area contributed by atoms with Crippen molar-refractivity contribution in [2.75, 3.05) is 11.4 Å². The summed E-state index contributed by atoms with van der Waals surface area (Å²) in [5.41, 5.74) is -1.47. The number of alkyl halides is 3. The summed E-state index contributed by atoms with van der Waals surface area (Å²) in [4.78, 5) is 36.7. The molecular formula is C18H19F3N2O4. The Morgan fingerprint density at radius 3 is 2.56 bits per heavy atom. The highest BCUT2D eigenvalue weighted by molar-refractivity contribution is 6.00. The number of carbonyl (C=O) groups excluding carboxylic acids is 2. The zero-order chi connectivity index (χ0) is 20.2. The van der Waals surface area contributed by atoms with Gasteiger partial charge in [0.15, 0.2) is 0 Å². The van der Waals surface area contributed by atoms with E-state index in [9.17, 15) is 27.6 Å². The second-order valence-corrected chi connectivity index (χ2v) is 6.15. The number of carbonyl (C=O) groups is 3. The number of allylic oxidation sites excluding steroid dienone is 1. The molecular weight excluding hydrogens is 365 g/mol. The summed E-state index contributed by atoms with van der Waals surface area (Å²) in [6, 6.07) is 1.36. The average Bonchev–Trinajstić information content (AvgIpc) is 3.03. The van der Waals surface area contributed by atoms with Crippen LogP contribution in [0.5, 0.6) is 0 Å². The molecule has 1 aromatic carbocycles. The molecule has 1 saturated heterocycles. The van der Waals surface area contributed by atoms with Crippen LogP contribution in [0.25, 0.3) is 0 Å². The fraction of sp³-hybridized carbons (Fsp3) is 0.389. The van der Waals surface area contributed by atoms with E-state index in [1.54, 1.807) is 0 Å². The van der Waals surface area contributed by atoms with Gasteiger partial charge in [-0.05, 0) is 37.5 Å². The van der Waals surface area contributed by atoms with Gasteiger partial charge in [-0.1, -0.05) is 6.08 Å². The van der Waals surface area contributed by atoms with E-state index >= 15 is 0 Å². The summed E-state index contributed by atoms with van der Waals surface area (Å²) >= 11 is 0. The van der Waals surface area contributed by atoms with Gasteiger partial charge in [-0.2, -0.15) is 13.2 Å². The number of nitrogens with one attached hydrogen (secondary N) is 1. The summed E-state index contributed by atoms with van der Waals surface area (Å²) in [6.07, 6.45) is -2.14. The summed E-state index contributed by atoms with van der Waals surface area (Å²) < 4.78 is 39.6. The summed E-state index contributed by atoms with van der Waals surface area (Å²) in [6.45, 7) is 3.72. The smallest absolute Gasteiger partial charge is 0.416 e. The molecule has 1 unspecified atom stereocenters. The van der Waals surface area contributed by atoms with Crippen LogP contribution in [-0.4, -0.2) is 35.5 Å². The molecule has 2 amide bonds. The van der Waals surface area contributed by atoms with Crippen LogP contribution in [0.15, 0.2) is 30.9 Å². The van der Waals surface area contributed by atoms with Crippen molar-refractivity contribution in [3.8, 4) is 0 Å². The SMILES string of the molecule is C=CCCC(NC(=O)c1cc(N2CCCC2=O)cc(C(F)(F)F)c1)C(=O)O. The van der Waals surface area contributed by atoms with E-state index in [1.165, 1.54) is 17.0 Å². The first kappa shape index (κ1) is 20.5. The highest BCUT2D eigenvalue weighted by Gasteiger charge is 2.34. The minimum absolute atomic E-state index is 0.0320. The highest BCUT2D eigenvalue weighted by atomic mass is 19.4. The van der Waals surface area contributed by atoms with Crippen molar-refractivity contribution < 1.29 is 32.7 Å². The number of hydrogen-bond acceptors (Lipinski definition) is 3. The van der Waals surface area contributed by atoms with Crippen LogP contribution in [-0.2, 0) is 15.8 Å². The Morgan fingerprint density at radius 1 is 1.33 bits per heavy atom. The fourth-order valence-corrected chi connectivity index (χ4v) is 2.77. The van der Waals surface area contributed by atoms with Crippen molar-refractivity contribution in [3.63, 3.8) is 0 Å². The Bertz CT molecular complexity index is 761. The molecule has 9 heteroatoms. The molecule has 0 aliphatic carbocycles. The first-order valence-electron chi connectivity index (χ1n) is 8.30. The molecule has 1 aromatic rings. The number of benzene rings is 1. The second kappa shape index (κ2) is 8.24. The fourth-order valence-electron chi connectivity index (χ4n) is 2.77. The maximum absolute atomic E-state index is 13.2. The first-order chi connectivity index (χ1) is 12.6. The van der Waals surface area contributed by atoms with Gasteiger partial charge in [0.05, 0.1) is 5.56 Å². The normalized spacial score (nSPS) is 15.5. The van der Waals surface area contributed by atoms with Gasteiger partial charge in [-0.3, -0.25) is 9.59 Å². The Kier molecular flexibility index (Phi) is 6.24. The van der Waals surface area contributed by atoms with E-state index in [0.717, 1.165) is 6.07 Å². The van der Waals surface area contributed by atoms with E-state index in [1.807, 2.05) is 0 Å². The zero-order valence-electron chi connectivity index (χ0n) is 14.4. The van der Waals surface area contributed by atoms with Gasteiger partial charge >= 0.3 is 12.1 Å². The number of hydrogen-bond donors (Lipinski definition) is 2. The van der Waals surface area contributed by atoms with E-state index in [4.69, 9.17) is 5.11 Å². The number of amides is 2. The molecule has 0 aromatic heterocycles. The lowest BCUT2D eigenvalue weighted by Gasteiger charge is -2.20. The lowest BCUT2D eigenvalue weighted by molar-refractivity contribution is -0.139. The molecule has 0 saturated carbocycles. The molecule has 1 aliphatic heterocycles. The molecule has 2 N–H and O–H groups in total. The molecule has 1 aliphatic rings. The molecule has 0 bridgehead atoms. The number of halogens is 3. The van der Waals surface area contributed by atoms with Crippen molar-refractivity contribution in [3.05, 3.63) is 42.0 Å². The minimum Gasteiger partial charge on any atom is -0.480 e. The van der Waals surface area contributed by atoms with Gasteiger partial charge in [0, 0.05) is 24.2 Å². The molecule has 146 valence electrons. The van der Waals surface area contributed by atoms with Gasteiger partial charge in [0.1, 0.15) is 6.04 Å². The van der Waals surface area contributed by atoms with Crippen molar-refractivity contribution in [2.24, 2.45) is 0 Å². The molecule has 6 nitrogen and oxygen atoms in total. The average molecular weight is 384 g/mol. The summed E-state index contributed by atoms with van der Waals surface area (Å²) in [5, 5.41) is 11.4. The van der Waals surface area contributed by atoms with Crippen LogP contribution < -0.4 is 10.2 Å². The lowest BCUT2D eigenvalue weighted by atomic mass is 10.1. The van der Waals surface area contributed by atoms with Gasteiger partial charge in [-0.25, -0.2) is 4.79 Å². The highest BCUT2D eigenvalue weighted by Crippen LogP contribution is 2.34. The summed E-state index contributed by atoms with van der Waals surface area (Å²) in [5.74, 6) is -2.58. The molecule has 27 heavy (non-hydrogen) atoms. The van der Waals surface area contributed by atoms with E-state index in [-0.39, 0.29) is 36.5 Å². The third-order valence-electron chi connectivity index (χ3n) is 4.16. The third kappa shape index (κ3) is 5.08. The van der Waals surface area contributed by atoms with Gasteiger partial charge in [-0.15, -0.1) is 6.58 Å². The molecule has 1 heterocycles. The summed E-state index contributed by atoms with van der Waals surface area (Å²) in [7, 11) is 0. The molecule has 2 rings (SSSR count). The van der Waals surface area contributed by atoms with Crippen LogP contribution in [0.3, 0.4) is 0 Å². The van der Waals surface area contributed by atoms with Crippen molar-refractivity contribution in [2.45, 2.75) is 37.9 Å². The van der Waals surface area contributed by atoms with Gasteiger partial charge < -0.3 is 15.3 Å². The first-order valence-corrected chi connectivity index (χ1v) is 8.30. The topological polar surface area (TPSA) is 86.7 Å². The molecule has 0 spiro atoms. The predicted octanol–water partition coefficient (Wildman–Crippen LogP) is 2.98. The van der Waals surface area contributed by atoms with Gasteiger partial charge in [0.2, 0.25) is 5.91 Å². The Balaban J connectivity index is 2.36. The third-order valence-corrected chi connectivity index (χ3v) is 4.16. The number of anilines is 1. The maximum Gasteiger partial charge on any atom is 0.416 e. The van der Waals surface area contributed by atoms with Crippen LogP contribution >= 0.6 is 0 Å². The van der Waals surface area contributed by atoms with Crippen LogP contribution in [0.1, 0.15) is 41.6 Å². The Labute approximate surface area is 153 Å². The predicted molar refractivity (Wildman–Crippen MR) is 91.4 cm³/mol. The molecule has 1 atom stereocenters. The second-order valence-electron chi connectivity index (χ2n) is 6.15. The van der Waals surface area contributed by atoms with Crippen LogP contribution in [0.4, 0.5) is 18.9 Å². The van der Waals surface area contributed by atoms with Crippen molar-refractivity contribution >= 4 is 23.5 Å². The molecule has 1 fully saturated rings. The van der Waals surface area contributed by atoms with E-state index < -0.39 is 29.7 Å². The van der Waals surface area contributed by atoms with Crippen molar-refractivity contribution in [1.29, 1.82) is 0 Å². The Hall–Kier alpha value is -2.84. The number of aliphatic carboxylic acids is 1. The maximum atomic E-state index is 13.2. The molecule has 0 radical (unpaired) electrons. The quantitative estimate of drug-likeness (QED) is 0.708. The number of rotatable bonds is 7. The van der Waals surface area contributed by atoms with Crippen LogP contribution in [0, 0.1) is 0 Å². The van der Waals surface area contributed by atoms with E-state index in [2.05, 4.69) is 11.9 Å². The number of nitrogens with zero attached hydrogens (tertiary/aromatic N) is 1. The number of carboxylic acids is 1. The van der Waals surface area contributed by atoms with Crippen molar-refractivity contribution in [1.82, 2.24) is 5.32 Å². The Morgan fingerprint density at radius 2 is 2.04 bits per heavy atom. The van der Waals surface area contributed by atoms with E-state index in [0.29, 0.717) is 18.9 Å². The zero-order valence-corrected chi connectivity index (χ0v) is 14.4. The lowest BCUT2D eigenvalue weighted by Crippen LogP contribution is -2.40. The minimum atomic E-state index is -4.72. The monoisotopic (exact) mass is 384 g/mol. The number of carboxylic acid groups (broad SMARTS) is 1. The standard InChI is InChI=1S/C18H19F3N2O4/c1-2-3-5-14(17(26)27)22-16(25)11-8-12(18(19,20)21)10-13(9-11)23-7-4-6-15(23)24/h2,8-10,14H,1,3-7H2,(H,22,25)(H,26,27). The van der Waals surface area contributed by atoms with Crippen LogP contribution in [0.2, 0.25) is 0 Å². The van der Waals surface area contributed by atoms with Gasteiger partial charge in [0.25, 0.3) is 5.91 Å². The largest absolute Gasteiger partial charge is 0.480 e.